The molecule has 30 heteroatoms. The fourth-order valence-electron chi connectivity index (χ4n) is 12.9. The Kier molecular flexibility index (Phi) is 39.1. The summed E-state index contributed by atoms with van der Waals surface area (Å²) in [5.41, 5.74) is 8.37. The zero-order chi connectivity index (χ0) is 79.0. The Bertz CT molecular complexity index is 4040. The van der Waals surface area contributed by atoms with Gasteiger partial charge in [0.15, 0.2) is 5.71 Å². The van der Waals surface area contributed by atoms with Crippen molar-refractivity contribution in [3.05, 3.63) is 160 Å². The number of amides is 3. The van der Waals surface area contributed by atoms with Crippen LogP contribution in [0.25, 0.3) is 0 Å². The van der Waals surface area contributed by atoms with Crippen LogP contribution in [0.4, 0.5) is 11.4 Å². The summed E-state index contributed by atoms with van der Waals surface area (Å²) in [6, 6.07) is 22.6. The van der Waals surface area contributed by atoms with Crippen LogP contribution in [0.5, 0.6) is 5.75 Å². The van der Waals surface area contributed by atoms with Gasteiger partial charge in [0.2, 0.25) is 17.5 Å². The number of allylic oxidation sites excluding steroid dienone is 6. The Hall–Kier alpha value is -7.33. The lowest BCUT2D eigenvalue weighted by Crippen LogP contribution is -2.29. The fraction of sp³-hybridized carbons (Fsp3) is 0.550. The molecule has 0 saturated heterocycles. The molecule has 7 rings (SSSR count). The summed E-state index contributed by atoms with van der Waals surface area (Å²) in [7, 11) is -7.45. The van der Waals surface area contributed by atoms with Crippen LogP contribution in [0.15, 0.2) is 131 Å². The molecule has 0 aliphatic carbocycles. The number of carbonyl (C=O) groups excluding carboxylic acids is 3. The van der Waals surface area contributed by atoms with Gasteiger partial charge in [-0.25, -0.2) is 13.1 Å². The van der Waals surface area contributed by atoms with Crippen molar-refractivity contribution in [3.8, 4) is 5.75 Å². The van der Waals surface area contributed by atoms with Crippen LogP contribution in [0.3, 0.4) is 0 Å². The highest BCUT2D eigenvalue weighted by atomic mass is 35.5. The Morgan fingerprint density at radius 3 is 1.89 bits per heavy atom. The first kappa shape index (κ1) is 89.9. The van der Waals surface area contributed by atoms with E-state index in [-0.39, 0.29) is 47.1 Å². The van der Waals surface area contributed by atoms with E-state index in [1.165, 1.54) is 23.8 Å². The number of alkyl halides is 1. The molecule has 110 heavy (non-hydrogen) atoms. The van der Waals surface area contributed by atoms with Crippen LogP contribution in [0.1, 0.15) is 136 Å². The van der Waals surface area contributed by atoms with Crippen molar-refractivity contribution in [2.45, 2.75) is 146 Å². The van der Waals surface area contributed by atoms with Crippen molar-refractivity contribution in [2.24, 2.45) is 0 Å². The van der Waals surface area contributed by atoms with E-state index < -0.39 is 31.1 Å². The first-order valence-corrected chi connectivity index (χ1v) is 41.4. The first-order chi connectivity index (χ1) is 53.1. The van der Waals surface area contributed by atoms with E-state index in [0.717, 1.165) is 89.3 Å². The van der Waals surface area contributed by atoms with Gasteiger partial charge in [0.25, 0.3) is 16.0 Å². The molecule has 4 aromatic carbocycles. The SMILES string of the molecule is CCCN1/C(=C/C=C/C=C/C2=[N+](CCC)c3ccc(S(=O)(=O)[O-])cc3C2(C)C)C(C)(CCCCCC(=O)NCCOCCOCCOCCOCCOCCOCc2cn(CCOCCOCCC(=O)NCc3ccc(C(=O)NCCOCCc4ccc(CCCCl)cc4OC)cc3)nn2)c2cc(S(=O)(=O)O)ccc21. The Labute approximate surface area is 654 Å². The van der Waals surface area contributed by atoms with Crippen LogP contribution < -0.4 is 25.6 Å². The molecule has 0 radical (unpaired) electrons. The number of hydrogen-bond donors (Lipinski definition) is 4. The largest absolute Gasteiger partial charge is 0.744 e. The van der Waals surface area contributed by atoms with Gasteiger partial charge in [-0.3, -0.25) is 18.9 Å². The lowest BCUT2D eigenvalue weighted by Gasteiger charge is -2.30. The maximum absolute atomic E-state index is 12.8. The van der Waals surface area contributed by atoms with Crippen LogP contribution >= 0.6 is 11.6 Å². The van der Waals surface area contributed by atoms with E-state index in [1.807, 2.05) is 56.4 Å². The Balaban J connectivity index is 0.632. The average molecular weight is 1590 g/mol. The summed E-state index contributed by atoms with van der Waals surface area (Å²) in [6.07, 6.45) is 19.2. The highest BCUT2D eigenvalue weighted by Crippen LogP contribution is 2.51. The van der Waals surface area contributed by atoms with Gasteiger partial charge in [0.1, 0.15) is 28.1 Å². The number of unbranched alkanes of at least 4 members (excludes halogenated alkanes) is 2. The fourth-order valence-corrected chi connectivity index (χ4v) is 14.0. The van der Waals surface area contributed by atoms with Gasteiger partial charge in [-0.1, -0.05) is 74.4 Å². The molecule has 1 atom stereocenters. The second-order valence-corrected chi connectivity index (χ2v) is 30.4. The molecule has 4 N–H and O–H groups in total. The molecule has 0 saturated carbocycles. The molecule has 2 aliphatic heterocycles. The minimum atomic E-state index is -4.64. The number of methoxy groups -OCH3 is 1. The first-order valence-electron chi connectivity index (χ1n) is 38.0. The van der Waals surface area contributed by atoms with Crippen molar-refractivity contribution in [1.82, 2.24) is 30.9 Å². The average Bonchev–Trinajstić information content (AvgIpc) is 1.58. The van der Waals surface area contributed by atoms with Crippen molar-refractivity contribution < 1.29 is 92.3 Å². The van der Waals surface area contributed by atoms with Crippen molar-refractivity contribution in [3.63, 3.8) is 0 Å². The number of hydrogen-bond acceptors (Lipinski definition) is 21. The zero-order valence-corrected chi connectivity index (χ0v) is 67.0. The second kappa shape index (κ2) is 47.9. The summed E-state index contributed by atoms with van der Waals surface area (Å²) in [5, 5.41) is 17.0. The van der Waals surface area contributed by atoms with Crippen LogP contribution in [-0.2, 0) is 116 Å². The second-order valence-electron chi connectivity index (χ2n) is 27.2. The minimum absolute atomic E-state index is 0.0727. The maximum Gasteiger partial charge on any atom is 0.294 e. The minimum Gasteiger partial charge on any atom is -0.744 e. The van der Waals surface area contributed by atoms with Gasteiger partial charge in [0.05, 0.1) is 154 Å². The number of nitrogens with one attached hydrogen (secondary N) is 3. The molecule has 3 amide bonds. The molecule has 0 spiro atoms. The van der Waals surface area contributed by atoms with E-state index in [1.54, 1.807) is 48.3 Å². The monoisotopic (exact) mass is 1590 g/mol. The number of rotatable bonds is 57. The highest BCUT2D eigenvalue weighted by molar-refractivity contribution is 7.86. The highest BCUT2D eigenvalue weighted by Gasteiger charge is 2.45. The number of benzene rings is 4. The number of carbonyl (C=O) groups is 3. The molecular weight excluding hydrogens is 1480 g/mol. The number of aryl methyl sites for hydroxylation is 1. The molecule has 3 heterocycles. The van der Waals surface area contributed by atoms with Gasteiger partial charge >= 0.3 is 0 Å². The molecular formula is C80H113ClN8O19S2. The number of ether oxygens (including phenoxy) is 10. The summed E-state index contributed by atoms with van der Waals surface area (Å²) in [5.74, 6) is 1.04. The Morgan fingerprint density at radius 1 is 0.618 bits per heavy atom. The normalized spacial score (nSPS) is 15.2. The van der Waals surface area contributed by atoms with E-state index >= 15 is 0 Å². The molecule has 27 nitrogen and oxygen atoms in total. The topological polar surface area (TPSA) is 328 Å². The van der Waals surface area contributed by atoms with Gasteiger partial charge in [-0.2, -0.15) is 13.0 Å². The number of fused-ring (bicyclic) bond motifs is 2. The van der Waals surface area contributed by atoms with Crippen molar-refractivity contribution in [2.75, 3.05) is 156 Å². The standard InChI is InChI=1S/C80H113ClN8O19S2/c1-7-36-88-71-28-26-67(109(93,94)95)57-69(71)79(3,4)74(88)17-11-9-12-18-75-80(5,70-58-68(110(96,97)98)27-29-72(70)89(75)37-8-2)32-14-10-13-19-76(90)82-34-41-102-45-47-104-48-49-105-50-51-106-52-53-107-54-55-108-61-66-60-87(86-85-66)38-43-103-46-44-101-40-31-77(91)84-59-63-21-24-65(25-22-63)78(92)83-35-42-100-39-30-64-23-20-62(16-15-33-81)56-73(64)99-6/h9,11-12,17-18,20-29,56-58,60H,7-8,10,13-16,19,30-55,59,61H2,1-6H3,(H4-,82,83,84,90,91,92,93,94,95,96,97,98). The third-order valence-electron chi connectivity index (χ3n) is 18.6. The van der Waals surface area contributed by atoms with E-state index in [9.17, 15) is 40.3 Å². The van der Waals surface area contributed by atoms with E-state index in [4.69, 9.17) is 59.0 Å². The molecule has 606 valence electrons. The van der Waals surface area contributed by atoms with E-state index in [2.05, 4.69) is 74.7 Å². The van der Waals surface area contributed by atoms with Gasteiger partial charge in [0, 0.05) is 91.4 Å². The third kappa shape index (κ3) is 29.6. The Morgan fingerprint density at radius 2 is 1.24 bits per heavy atom. The summed E-state index contributed by atoms with van der Waals surface area (Å²) in [6.45, 7) is 20.1. The summed E-state index contributed by atoms with van der Waals surface area (Å²) in [4.78, 5) is 39.7. The van der Waals surface area contributed by atoms with Crippen LogP contribution in [-0.4, -0.2) is 220 Å². The summed E-state index contributed by atoms with van der Waals surface area (Å²) >= 11 is 5.83. The maximum atomic E-state index is 12.8. The molecule has 1 unspecified atom stereocenters. The summed E-state index contributed by atoms with van der Waals surface area (Å²) < 4.78 is 131. The van der Waals surface area contributed by atoms with Crippen molar-refractivity contribution in [1.29, 1.82) is 0 Å². The molecule has 0 fully saturated rings. The lowest BCUT2D eigenvalue weighted by molar-refractivity contribution is -0.437. The zero-order valence-electron chi connectivity index (χ0n) is 64.7. The van der Waals surface area contributed by atoms with E-state index in [0.29, 0.717) is 188 Å². The number of anilines is 1. The predicted molar refractivity (Wildman–Crippen MR) is 418 cm³/mol. The lowest BCUT2D eigenvalue weighted by atomic mass is 9.77. The molecule has 5 aromatic rings. The molecule has 2 aliphatic rings. The number of halogens is 1. The molecule has 0 bridgehead atoms. The van der Waals surface area contributed by atoms with Gasteiger partial charge in [-0.05, 0) is 136 Å². The van der Waals surface area contributed by atoms with Crippen molar-refractivity contribution >= 4 is 66.6 Å². The van der Waals surface area contributed by atoms with Crippen LogP contribution in [0, 0.1) is 0 Å². The third-order valence-corrected chi connectivity index (χ3v) is 20.6. The van der Waals surface area contributed by atoms with Crippen LogP contribution in [0.2, 0.25) is 0 Å². The predicted octanol–water partition coefficient (Wildman–Crippen LogP) is 9.67. The smallest absolute Gasteiger partial charge is 0.294 e. The quantitative estimate of drug-likeness (QED) is 0.00924. The van der Waals surface area contributed by atoms with Gasteiger partial charge < -0.3 is 72.8 Å². The number of nitrogens with zero attached hydrogens (tertiary/aromatic N) is 5. The van der Waals surface area contributed by atoms with Gasteiger partial charge in [-0.15, -0.1) is 16.7 Å². The molecule has 1 aromatic heterocycles. The number of aromatic nitrogens is 3.